The summed E-state index contributed by atoms with van der Waals surface area (Å²) in [5.74, 6) is 0. The molecule has 0 heterocycles. The van der Waals surface area contributed by atoms with E-state index < -0.39 is 7.40 Å². The summed E-state index contributed by atoms with van der Waals surface area (Å²) in [7, 11) is -2.47. The van der Waals surface area contributed by atoms with Crippen LogP contribution in [-0.4, -0.2) is 7.40 Å². The molecule has 0 rings (SSSR count). The molecule has 0 aliphatic heterocycles. The minimum absolute atomic E-state index is 0. The maximum absolute atomic E-state index is 10.9. The molecule has 0 aromatic carbocycles. The maximum Gasteiger partial charge on any atom is 1.00 e. The Balaban J connectivity index is 0. The first kappa shape index (κ1) is 11.0. The van der Waals surface area contributed by atoms with Crippen LogP contribution >= 0.6 is 0 Å². The van der Waals surface area contributed by atoms with Crippen LogP contribution in [0.1, 0.15) is 0 Å². The second-order valence-corrected chi connectivity index (χ2v) is 0.577. The summed E-state index contributed by atoms with van der Waals surface area (Å²) < 4.78 is 14.4. The standard InChI is InChI=1S/C2H3BFO2.K/c1-2-6-3(4)5;/h2H,1H2;/q-1;+1. The average Bonchev–Trinajstić information content (AvgIpc) is 1.35. The normalized spacial score (nSPS) is 6.00. The first-order valence-corrected chi connectivity index (χ1v) is 1.33. The van der Waals surface area contributed by atoms with Gasteiger partial charge < -0.3 is 9.68 Å². The van der Waals surface area contributed by atoms with Gasteiger partial charge in [0.2, 0.25) is 0 Å². The van der Waals surface area contributed by atoms with E-state index >= 15 is 0 Å². The van der Waals surface area contributed by atoms with E-state index in [1.807, 2.05) is 0 Å². The SMILES string of the molecule is C=COB([O-])F.[K+]. The third kappa shape index (κ3) is 11.0. The van der Waals surface area contributed by atoms with Gasteiger partial charge in [0.25, 0.3) is 0 Å². The van der Waals surface area contributed by atoms with Gasteiger partial charge in [-0.3, -0.25) is 4.32 Å². The third-order valence-corrected chi connectivity index (χ3v) is 0.203. The molecule has 0 unspecified atom stereocenters. The zero-order chi connectivity index (χ0) is 4.99. The van der Waals surface area contributed by atoms with E-state index in [1.165, 1.54) is 0 Å². The molecule has 0 saturated heterocycles. The molecular weight excluding hydrogens is 125 g/mol. The fraction of sp³-hybridized carbons (Fsp3) is 0. The predicted molar refractivity (Wildman–Crippen MR) is 18.1 cm³/mol. The van der Waals surface area contributed by atoms with Gasteiger partial charge in [-0.15, -0.1) is 0 Å². The van der Waals surface area contributed by atoms with Crippen LogP contribution < -0.4 is 56.4 Å². The van der Waals surface area contributed by atoms with Gasteiger partial charge in [0, 0.05) is 0 Å². The quantitative estimate of drug-likeness (QED) is 0.285. The van der Waals surface area contributed by atoms with Crippen molar-refractivity contribution in [3.63, 3.8) is 0 Å². The van der Waals surface area contributed by atoms with Gasteiger partial charge >= 0.3 is 58.8 Å². The van der Waals surface area contributed by atoms with Gasteiger partial charge in [-0.1, -0.05) is 6.58 Å². The molecular formula is C2H3BFKO2. The second kappa shape index (κ2) is 7.13. The van der Waals surface area contributed by atoms with Gasteiger partial charge in [0.05, 0.1) is 6.26 Å². The van der Waals surface area contributed by atoms with E-state index in [1.54, 1.807) is 0 Å². The third-order valence-electron chi connectivity index (χ3n) is 0.203. The Morgan fingerprint density at radius 2 is 2.29 bits per heavy atom. The molecule has 0 spiro atoms. The second-order valence-electron chi connectivity index (χ2n) is 0.577. The summed E-state index contributed by atoms with van der Waals surface area (Å²) in [4.78, 5) is 0. The van der Waals surface area contributed by atoms with Gasteiger partial charge in [0.1, 0.15) is 0 Å². The topological polar surface area (TPSA) is 32.3 Å². The molecule has 2 nitrogen and oxygen atoms in total. The van der Waals surface area contributed by atoms with E-state index in [-0.39, 0.29) is 51.4 Å². The summed E-state index contributed by atoms with van der Waals surface area (Å²) in [6.07, 6.45) is 0.762. The van der Waals surface area contributed by atoms with Crippen LogP contribution in [0.5, 0.6) is 0 Å². The number of hydrogen-bond donors (Lipinski definition) is 0. The van der Waals surface area contributed by atoms with Crippen LogP contribution in [0.25, 0.3) is 0 Å². The van der Waals surface area contributed by atoms with Gasteiger partial charge in [-0.2, -0.15) is 0 Å². The van der Waals surface area contributed by atoms with Gasteiger partial charge in [-0.05, 0) is 0 Å². The maximum atomic E-state index is 10.9. The summed E-state index contributed by atoms with van der Waals surface area (Å²) in [5, 5.41) is 9.17. The van der Waals surface area contributed by atoms with Crippen LogP contribution in [0.3, 0.4) is 0 Å². The van der Waals surface area contributed by atoms with Crippen molar-refractivity contribution in [1.29, 1.82) is 0 Å². The Bertz CT molecular complexity index is 51.0. The first-order valence-electron chi connectivity index (χ1n) is 1.33. The van der Waals surface area contributed by atoms with Crippen LogP contribution in [0, 0.1) is 0 Å². The molecule has 34 valence electrons. The van der Waals surface area contributed by atoms with E-state index in [0.29, 0.717) is 0 Å². The fourth-order valence-electron chi connectivity index (χ4n) is 0.0757. The minimum atomic E-state index is -2.47. The number of rotatable bonds is 2. The fourth-order valence-corrected chi connectivity index (χ4v) is 0.0757. The van der Waals surface area contributed by atoms with Crippen molar-refractivity contribution in [2.75, 3.05) is 0 Å². The molecule has 0 aromatic rings. The van der Waals surface area contributed by atoms with Crippen molar-refractivity contribution >= 4 is 7.40 Å². The van der Waals surface area contributed by atoms with Gasteiger partial charge in [-0.25, -0.2) is 0 Å². The van der Waals surface area contributed by atoms with Crippen molar-refractivity contribution in [2.24, 2.45) is 0 Å². The Morgan fingerprint density at radius 1 is 1.86 bits per heavy atom. The Morgan fingerprint density at radius 3 is 2.29 bits per heavy atom. The average molecular weight is 128 g/mol. The van der Waals surface area contributed by atoms with Crippen LogP contribution in [0.2, 0.25) is 0 Å². The summed E-state index contributed by atoms with van der Waals surface area (Å²) in [5.41, 5.74) is 0. The molecule has 0 N–H and O–H groups in total. The molecule has 0 amide bonds. The van der Waals surface area contributed by atoms with Crippen LogP contribution in [-0.2, 0) is 4.65 Å². The van der Waals surface area contributed by atoms with E-state index in [0.717, 1.165) is 6.26 Å². The molecule has 0 fully saturated rings. The Kier molecular flexibility index (Phi) is 11.2. The van der Waals surface area contributed by atoms with E-state index in [4.69, 9.17) is 5.02 Å². The summed E-state index contributed by atoms with van der Waals surface area (Å²) in [6.45, 7) is 2.94. The summed E-state index contributed by atoms with van der Waals surface area (Å²) in [6, 6.07) is 0. The number of halogens is 1. The molecule has 0 radical (unpaired) electrons. The van der Waals surface area contributed by atoms with E-state index in [9.17, 15) is 4.32 Å². The van der Waals surface area contributed by atoms with Crippen molar-refractivity contribution in [2.45, 2.75) is 0 Å². The van der Waals surface area contributed by atoms with Crippen LogP contribution in [0.4, 0.5) is 4.32 Å². The van der Waals surface area contributed by atoms with Crippen molar-refractivity contribution in [3.05, 3.63) is 12.8 Å². The molecule has 0 bridgehead atoms. The Labute approximate surface area is 84.4 Å². The monoisotopic (exact) mass is 128 g/mol. The minimum Gasteiger partial charge on any atom is -0.816 e. The zero-order valence-electron chi connectivity index (χ0n) is 4.06. The van der Waals surface area contributed by atoms with Crippen molar-refractivity contribution in [3.8, 4) is 0 Å². The Hall–Kier alpha value is 1.13. The predicted octanol–water partition coefficient (Wildman–Crippen LogP) is -3.53. The molecule has 0 saturated carbocycles. The molecule has 0 aliphatic rings. The van der Waals surface area contributed by atoms with Gasteiger partial charge in [0.15, 0.2) is 0 Å². The van der Waals surface area contributed by atoms with Crippen LogP contribution in [0.15, 0.2) is 12.8 Å². The molecule has 0 aromatic heterocycles. The summed E-state index contributed by atoms with van der Waals surface area (Å²) >= 11 is 0. The largest absolute Gasteiger partial charge is 1.00 e. The first-order chi connectivity index (χ1) is 2.77. The molecule has 0 atom stereocenters. The zero-order valence-corrected chi connectivity index (χ0v) is 7.18. The van der Waals surface area contributed by atoms with Crippen molar-refractivity contribution < 1.29 is 65.4 Å². The van der Waals surface area contributed by atoms with E-state index in [2.05, 4.69) is 11.2 Å². The molecule has 0 aliphatic carbocycles. The molecule has 7 heavy (non-hydrogen) atoms. The smallest absolute Gasteiger partial charge is 0.816 e. The molecule has 5 heteroatoms. The number of hydrogen-bond acceptors (Lipinski definition) is 2. The van der Waals surface area contributed by atoms with Crippen molar-refractivity contribution in [1.82, 2.24) is 0 Å².